The summed E-state index contributed by atoms with van der Waals surface area (Å²) in [5, 5.41) is 4.24. The van der Waals surface area contributed by atoms with Crippen LogP contribution < -0.4 is 10.1 Å². The number of nitrogens with zero attached hydrogens (tertiary/aromatic N) is 1. The Labute approximate surface area is 142 Å². The molecular formula is C20H22N2O2. The Bertz CT molecular complexity index is 838. The first-order chi connectivity index (χ1) is 11.7. The summed E-state index contributed by atoms with van der Waals surface area (Å²) in [5.41, 5.74) is 2.14. The summed E-state index contributed by atoms with van der Waals surface area (Å²) in [4.78, 5) is 12.3. The minimum absolute atomic E-state index is 0.0335. The van der Waals surface area contributed by atoms with Crippen LogP contribution in [0.4, 0.5) is 0 Å². The fraction of sp³-hybridized carbons (Fsp3) is 0.250. The van der Waals surface area contributed by atoms with Crippen LogP contribution in [0.15, 0.2) is 60.8 Å². The van der Waals surface area contributed by atoms with Crippen molar-refractivity contribution in [2.24, 2.45) is 0 Å². The van der Waals surface area contributed by atoms with Crippen LogP contribution in [-0.2, 0) is 11.3 Å². The molecule has 0 aliphatic rings. The molecular weight excluding hydrogens is 300 g/mol. The predicted octanol–water partition coefficient (Wildman–Crippen LogP) is 3.92. The number of fused-ring (bicyclic) bond motifs is 1. The molecule has 0 fully saturated rings. The van der Waals surface area contributed by atoms with E-state index in [4.69, 9.17) is 4.74 Å². The van der Waals surface area contributed by atoms with Gasteiger partial charge < -0.3 is 14.6 Å². The molecule has 0 saturated carbocycles. The summed E-state index contributed by atoms with van der Waals surface area (Å²) in [6.07, 6.45) is 2.47. The summed E-state index contributed by atoms with van der Waals surface area (Å²) >= 11 is 0. The number of benzene rings is 2. The maximum absolute atomic E-state index is 12.3. The van der Waals surface area contributed by atoms with Gasteiger partial charge >= 0.3 is 0 Å². The quantitative estimate of drug-likeness (QED) is 0.747. The zero-order valence-electron chi connectivity index (χ0n) is 14.0. The molecule has 0 saturated heterocycles. The summed E-state index contributed by atoms with van der Waals surface area (Å²) in [6.45, 7) is 2.64. The van der Waals surface area contributed by atoms with E-state index in [1.165, 1.54) is 5.39 Å². The van der Waals surface area contributed by atoms with E-state index < -0.39 is 0 Å². The number of methoxy groups -OCH3 is 1. The Balaban J connectivity index is 1.61. The molecule has 3 aromatic rings. The van der Waals surface area contributed by atoms with E-state index in [0.29, 0.717) is 13.0 Å². The Kier molecular flexibility index (Phi) is 4.85. The normalized spacial score (nSPS) is 12.1. The van der Waals surface area contributed by atoms with E-state index in [-0.39, 0.29) is 11.9 Å². The first kappa shape index (κ1) is 16.1. The Morgan fingerprint density at radius 3 is 2.71 bits per heavy atom. The summed E-state index contributed by atoms with van der Waals surface area (Å²) in [6, 6.07) is 17.9. The number of rotatable bonds is 6. The lowest BCUT2D eigenvalue weighted by molar-refractivity contribution is -0.121. The third-order valence-corrected chi connectivity index (χ3v) is 4.24. The highest BCUT2D eigenvalue weighted by atomic mass is 16.5. The van der Waals surface area contributed by atoms with Gasteiger partial charge in [-0.3, -0.25) is 4.79 Å². The molecule has 1 N–H and O–H groups in total. The van der Waals surface area contributed by atoms with Crippen molar-refractivity contribution in [1.29, 1.82) is 0 Å². The van der Waals surface area contributed by atoms with Crippen molar-refractivity contribution < 1.29 is 9.53 Å². The first-order valence-electron chi connectivity index (χ1n) is 8.15. The third kappa shape index (κ3) is 3.43. The number of carbonyl (C=O) groups excluding carboxylic acids is 1. The number of amides is 1. The molecule has 2 aromatic carbocycles. The van der Waals surface area contributed by atoms with Crippen LogP contribution in [0.1, 0.15) is 24.9 Å². The standard InChI is InChI=1S/C20H22N2O2/c1-15(17-8-4-6-10-19(17)24-2)21-20(23)12-14-22-13-11-16-7-3-5-9-18(16)22/h3-11,13,15H,12,14H2,1-2H3,(H,21,23). The summed E-state index contributed by atoms with van der Waals surface area (Å²) in [7, 11) is 1.64. The van der Waals surface area contributed by atoms with E-state index in [9.17, 15) is 4.79 Å². The fourth-order valence-electron chi connectivity index (χ4n) is 2.97. The molecule has 124 valence electrons. The molecule has 1 atom stereocenters. The van der Waals surface area contributed by atoms with Crippen molar-refractivity contribution in [3.8, 4) is 5.75 Å². The molecule has 3 rings (SSSR count). The lowest BCUT2D eigenvalue weighted by Gasteiger charge is -2.17. The second kappa shape index (κ2) is 7.21. The van der Waals surface area contributed by atoms with E-state index >= 15 is 0 Å². The van der Waals surface area contributed by atoms with Crippen LogP contribution >= 0.6 is 0 Å². The van der Waals surface area contributed by atoms with Crippen LogP contribution in [0.25, 0.3) is 10.9 Å². The highest BCUT2D eigenvalue weighted by Crippen LogP contribution is 2.24. The fourth-order valence-corrected chi connectivity index (χ4v) is 2.97. The van der Waals surface area contributed by atoms with Crippen LogP contribution in [0.3, 0.4) is 0 Å². The molecule has 1 aromatic heterocycles. The smallest absolute Gasteiger partial charge is 0.222 e. The Hall–Kier alpha value is -2.75. The SMILES string of the molecule is COc1ccccc1C(C)NC(=O)CCn1ccc2ccccc21. The van der Waals surface area contributed by atoms with Crippen molar-refractivity contribution in [3.63, 3.8) is 0 Å². The molecule has 24 heavy (non-hydrogen) atoms. The molecule has 0 radical (unpaired) electrons. The minimum atomic E-state index is -0.0879. The second-order valence-corrected chi connectivity index (χ2v) is 5.85. The summed E-state index contributed by atoms with van der Waals surface area (Å²) in [5.74, 6) is 0.827. The lowest BCUT2D eigenvalue weighted by atomic mass is 10.1. The highest BCUT2D eigenvalue weighted by Gasteiger charge is 2.13. The van der Waals surface area contributed by atoms with Gasteiger partial charge in [0.2, 0.25) is 5.91 Å². The third-order valence-electron chi connectivity index (χ3n) is 4.24. The van der Waals surface area contributed by atoms with Gasteiger partial charge in [0.15, 0.2) is 0 Å². The number of hydrogen-bond donors (Lipinski definition) is 1. The van der Waals surface area contributed by atoms with E-state index in [1.807, 2.05) is 49.5 Å². The highest BCUT2D eigenvalue weighted by molar-refractivity contribution is 5.80. The molecule has 1 amide bonds. The number of nitrogens with one attached hydrogen (secondary N) is 1. The second-order valence-electron chi connectivity index (χ2n) is 5.85. The minimum Gasteiger partial charge on any atom is -0.496 e. The van der Waals surface area contributed by atoms with Crippen molar-refractivity contribution in [2.45, 2.75) is 25.9 Å². The Morgan fingerprint density at radius 2 is 1.88 bits per heavy atom. The monoisotopic (exact) mass is 322 g/mol. The number of ether oxygens (including phenoxy) is 1. The van der Waals surface area contributed by atoms with Gasteiger partial charge in [0.25, 0.3) is 0 Å². The van der Waals surface area contributed by atoms with Gasteiger partial charge in [0.1, 0.15) is 5.75 Å². The molecule has 0 bridgehead atoms. The maximum Gasteiger partial charge on any atom is 0.222 e. The summed E-state index contributed by atoms with van der Waals surface area (Å²) < 4.78 is 7.47. The zero-order chi connectivity index (χ0) is 16.9. The van der Waals surface area contributed by atoms with Crippen LogP contribution in [-0.4, -0.2) is 17.6 Å². The number of para-hydroxylation sites is 2. The predicted molar refractivity (Wildman–Crippen MR) is 96.1 cm³/mol. The number of carbonyl (C=O) groups is 1. The molecule has 4 nitrogen and oxygen atoms in total. The molecule has 4 heteroatoms. The van der Waals surface area contributed by atoms with Gasteiger partial charge in [-0.25, -0.2) is 0 Å². The van der Waals surface area contributed by atoms with Gasteiger partial charge in [0, 0.05) is 30.2 Å². The number of aromatic nitrogens is 1. The first-order valence-corrected chi connectivity index (χ1v) is 8.15. The average Bonchev–Trinajstić information content (AvgIpc) is 3.03. The van der Waals surface area contributed by atoms with Crippen LogP contribution in [0, 0.1) is 0 Å². The molecule has 0 aliphatic carbocycles. The molecule has 1 unspecified atom stereocenters. The van der Waals surface area contributed by atoms with Gasteiger partial charge in [-0.2, -0.15) is 0 Å². The van der Waals surface area contributed by atoms with E-state index in [2.05, 4.69) is 28.1 Å². The van der Waals surface area contributed by atoms with E-state index in [0.717, 1.165) is 16.8 Å². The van der Waals surface area contributed by atoms with Crippen molar-refractivity contribution >= 4 is 16.8 Å². The number of aryl methyl sites for hydroxylation is 1. The topological polar surface area (TPSA) is 43.3 Å². The Morgan fingerprint density at radius 1 is 1.12 bits per heavy atom. The van der Waals surface area contributed by atoms with Gasteiger partial charge in [0.05, 0.1) is 13.2 Å². The molecule has 0 spiro atoms. The number of hydrogen-bond acceptors (Lipinski definition) is 2. The largest absolute Gasteiger partial charge is 0.496 e. The van der Waals surface area contributed by atoms with Crippen LogP contribution in [0.5, 0.6) is 5.75 Å². The van der Waals surface area contributed by atoms with Crippen molar-refractivity contribution in [2.75, 3.05) is 7.11 Å². The van der Waals surface area contributed by atoms with Crippen LogP contribution in [0.2, 0.25) is 0 Å². The van der Waals surface area contributed by atoms with Gasteiger partial charge in [-0.15, -0.1) is 0 Å². The van der Waals surface area contributed by atoms with E-state index in [1.54, 1.807) is 7.11 Å². The van der Waals surface area contributed by atoms with Crippen molar-refractivity contribution in [1.82, 2.24) is 9.88 Å². The molecule has 1 heterocycles. The van der Waals surface area contributed by atoms with Crippen molar-refractivity contribution in [3.05, 3.63) is 66.4 Å². The lowest BCUT2D eigenvalue weighted by Crippen LogP contribution is -2.27. The maximum atomic E-state index is 12.3. The zero-order valence-corrected chi connectivity index (χ0v) is 14.0. The molecule has 0 aliphatic heterocycles. The van der Waals surface area contributed by atoms with Gasteiger partial charge in [-0.1, -0.05) is 36.4 Å². The van der Waals surface area contributed by atoms with Gasteiger partial charge in [-0.05, 0) is 30.5 Å². The average molecular weight is 322 g/mol.